The van der Waals surface area contributed by atoms with Crippen LogP contribution in [0.25, 0.3) is 0 Å². The minimum absolute atomic E-state index is 0.292. The van der Waals surface area contributed by atoms with E-state index in [0.717, 1.165) is 0 Å². The maximum atomic E-state index is 8.94. The third-order valence-electron chi connectivity index (χ3n) is 1.87. The van der Waals surface area contributed by atoms with Crippen LogP contribution in [0.15, 0.2) is 0 Å². The zero-order valence-corrected chi connectivity index (χ0v) is 11.0. The molecule has 82 valence electrons. The molecule has 0 heterocycles. The molecule has 1 atom stereocenters. The van der Waals surface area contributed by atoms with E-state index >= 15 is 0 Å². The molecule has 0 rings (SSSR count). The minimum atomic E-state index is -1.63. The second-order valence-corrected chi connectivity index (χ2v) is 9.48. The molecule has 0 spiro atoms. The van der Waals surface area contributed by atoms with Crippen LogP contribution in [-0.2, 0) is 9.16 Å². The molecule has 4 heteroatoms. The maximum absolute atomic E-state index is 8.94. The lowest BCUT2D eigenvalue weighted by molar-refractivity contribution is -0.00530. The molecule has 0 aromatic rings. The Balaban J connectivity index is 4.26. The minimum Gasteiger partial charge on any atom is -0.402 e. The zero-order valence-electron chi connectivity index (χ0n) is 10.0. The summed E-state index contributed by atoms with van der Waals surface area (Å²) < 4.78 is 11.0. The van der Waals surface area contributed by atoms with Crippen LogP contribution in [0.3, 0.4) is 0 Å². The van der Waals surface area contributed by atoms with Gasteiger partial charge in [-0.05, 0) is 33.5 Å². The van der Waals surface area contributed by atoms with Crippen molar-refractivity contribution in [2.75, 3.05) is 7.11 Å². The molecular weight excluding hydrogens is 194 g/mol. The van der Waals surface area contributed by atoms with Gasteiger partial charge >= 0.3 is 0 Å². The Hall–Kier alpha value is -0.373. The summed E-state index contributed by atoms with van der Waals surface area (Å²) in [6.07, 6.45) is 0.265. The number of rotatable bonds is 5. The monoisotopic (exact) mass is 215 g/mol. The van der Waals surface area contributed by atoms with Crippen LogP contribution in [0, 0.1) is 11.3 Å². The van der Waals surface area contributed by atoms with Crippen LogP contribution >= 0.6 is 0 Å². The molecule has 1 unspecified atom stereocenters. The van der Waals surface area contributed by atoms with Crippen LogP contribution < -0.4 is 0 Å². The van der Waals surface area contributed by atoms with Crippen molar-refractivity contribution in [2.24, 2.45) is 0 Å². The topological polar surface area (TPSA) is 42.2 Å². The SMILES string of the molecule is COC(C)(C)CC(C#N)O[Si](C)(C)C. The molecule has 14 heavy (non-hydrogen) atoms. The summed E-state index contributed by atoms with van der Waals surface area (Å²) >= 11 is 0. The summed E-state index contributed by atoms with van der Waals surface area (Å²) in [4.78, 5) is 0. The molecule has 0 aromatic carbocycles. The van der Waals surface area contributed by atoms with Gasteiger partial charge in [-0.3, -0.25) is 0 Å². The highest BCUT2D eigenvalue weighted by molar-refractivity contribution is 6.69. The van der Waals surface area contributed by atoms with Crippen LogP contribution in [0.1, 0.15) is 20.3 Å². The molecule has 0 saturated carbocycles. The van der Waals surface area contributed by atoms with E-state index in [2.05, 4.69) is 25.7 Å². The Morgan fingerprint density at radius 2 is 1.86 bits per heavy atom. The summed E-state index contributed by atoms with van der Waals surface area (Å²) in [7, 11) is 0.0239. The van der Waals surface area contributed by atoms with Gasteiger partial charge in [0.1, 0.15) is 6.10 Å². The van der Waals surface area contributed by atoms with E-state index in [1.165, 1.54) is 0 Å². The zero-order chi connectivity index (χ0) is 11.4. The van der Waals surface area contributed by atoms with Crippen LogP contribution in [0.4, 0.5) is 0 Å². The van der Waals surface area contributed by atoms with E-state index in [1.54, 1.807) is 7.11 Å². The quantitative estimate of drug-likeness (QED) is 0.662. The third-order valence-corrected chi connectivity index (χ3v) is 2.86. The van der Waals surface area contributed by atoms with Gasteiger partial charge in [-0.1, -0.05) is 0 Å². The van der Waals surface area contributed by atoms with Crippen molar-refractivity contribution in [1.29, 1.82) is 5.26 Å². The molecule has 0 fully saturated rings. The Bertz CT molecular complexity index is 215. The molecule has 0 N–H and O–H groups in total. The fraction of sp³-hybridized carbons (Fsp3) is 0.900. The molecule has 3 nitrogen and oxygen atoms in total. The van der Waals surface area contributed by atoms with Gasteiger partial charge in [0.25, 0.3) is 0 Å². The molecule has 0 aliphatic rings. The predicted molar refractivity (Wildman–Crippen MR) is 59.5 cm³/mol. The van der Waals surface area contributed by atoms with Crippen LogP contribution in [0.5, 0.6) is 0 Å². The molecule has 0 saturated heterocycles. The highest BCUT2D eigenvalue weighted by Gasteiger charge is 2.27. The van der Waals surface area contributed by atoms with E-state index in [1.807, 2.05) is 13.8 Å². The van der Waals surface area contributed by atoms with Gasteiger partial charge in [0.15, 0.2) is 8.32 Å². The van der Waals surface area contributed by atoms with Gasteiger partial charge in [0.05, 0.1) is 11.7 Å². The number of nitriles is 1. The second-order valence-electron chi connectivity index (χ2n) is 5.02. The first-order chi connectivity index (χ1) is 6.20. The van der Waals surface area contributed by atoms with E-state index in [9.17, 15) is 0 Å². The molecule has 0 amide bonds. The van der Waals surface area contributed by atoms with Crippen molar-refractivity contribution in [2.45, 2.75) is 51.6 Å². The first kappa shape index (κ1) is 13.6. The number of methoxy groups -OCH3 is 1. The molecular formula is C10H21NO2Si. The molecule has 0 aliphatic carbocycles. The Morgan fingerprint density at radius 3 is 2.14 bits per heavy atom. The second kappa shape index (κ2) is 4.92. The molecule has 0 aliphatic heterocycles. The predicted octanol–water partition coefficient (Wildman–Crippen LogP) is 2.55. The fourth-order valence-electron chi connectivity index (χ4n) is 1.07. The largest absolute Gasteiger partial charge is 0.402 e. The Morgan fingerprint density at radius 1 is 1.36 bits per heavy atom. The first-order valence-corrected chi connectivity index (χ1v) is 8.23. The van der Waals surface area contributed by atoms with E-state index < -0.39 is 8.32 Å². The average Bonchev–Trinajstić information content (AvgIpc) is 2.00. The smallest absolute Gasteiger partial charge is 0.185 e. The van der Waals surface area contributed by atoms with Crippen LogP contribution in [-0.4, -0.2) is 27.1 Å². The van der Waals surface area contributed by atoms with Crippen molar-refractivity contribution in [1.82, 2.24) is 0 Å². The van der Waals surface area contributed by atoms with Gasteiger partial charge in [-0.25, -0.2) is 0 Å². The van der Waals surface area contributed by atoms with Crippen molar-refractivity contribution >= 4 is 8.32 Å². The van der Waals surface area contributed by atoms with Gasteiger partial charge in [-0.15, -0.1) is 0 Å². The summed E-state index contributed by atoms with van der Waals surface area (Å²) in [5.74, 6) is 0. The lowest BCUT2D eigenvalue weighted by Crippen LogP contribution is -2.36. The van der Waals surface area contributed by atoms with Crippen molar-refractivity contribution in [3.05, 3.63) is 0 Å². The molecule has 0 radical (unpaired) electrons. The van der Waals surface area contributed by atoms with Crippen molar-refractivity contribution < 1.29 is 9.16 Å². The fourth-order valence-corrected chi connectivity index (χ4v) is 2.06. The Kier molecular flexibility index (Phi) is 4.79. The van der Waals surface area contributed by atoms with Crippen molar-refractivity contribution in [3.63, 3.8) is 0 Å². The lowest BCUT2D eigenvalue weighted by atomic mass is 10.0. The molecule has 0 aromatic heterocycles. The Labute approximate surface area is 88.1 Å². The van der Waals surface area contributed by atoms with Gasteiger partial charge < -0.3 is 9.16 Å². The summed E-state index contributed by atoms with van der Waals surface area (Å²) in [5.41, 5.74) is -0.292. The number of ether oxygens (including phenoxy) is 1. The number of nitrogens with zero attached hydrogens (tertiary/aromatic N) is 1. The van der Waals surface area contributed by atoms with Gasteiger partial charge in [-0.2, -0.15) is 5.26 Å². The normalized spacial score (nSPS) is 14.9. The summed E-state index contributed by atoms with van der Waals surface area (Å²) in [5, 5.41) is 8.94. The molecule has 0 bridgehead atoms. The summed E-state index contributed by atoms with van der Waals surface area (Å²) in [6, 6.07) is 2.18. The third kappa shape index (κ3) is 6.14. The highest BCUT2D eigenvalue weighted by Crippen LogP contribution is 2.19. The van der Waals surface area contributed by atoms with Crippen LogP contribution in [0.2, 0.25) is 19.6 Å². The summed E-state index contributed by atoms with van der Waals surface area (Å²) in [6.45, 7) is 10.2. The standard InChI is InChI=1S/C10H21NO2Si/c1-10(2,12-3)7-9(8-11)13-14(4,5)6/h9H,7H2,1-6H3. The van der Waals surface area contributed by atoms with E-state index in [4.69, 9.17) is 14.4 Å². The average molecular weight is 215 g/mol. The van der Waals surface area contributed by atoms with Gasteiger partial charge in [0, 0.05) is 13.5 Å². The van der Waals surface area contributed by atoms with E-state index in [0.29, 0.717) is 6.42 Å². The lowest BCUT2D eigenvalue weighted by Gasteiger charge is -2.28. The van der Waals surface area contributed by atoms with Crippen molar-refractivity contribution in [3.8, 4) is 6.07 Å². The van der Waals surface area contributed by atoms with E-state index in [-0.39, 0.29) is 11.7 Å². The first-order valence-electron chi connectivity index (χ1n) is 4.83. The van der Waals surface area contributed by atoms with Gasteiger partial charge in [0.2, 0.25) is 0 Å². The maximum Gasteiger partial charge on any atom is 0.185 e. The number of hydrogen-bond acceptors (Lipinski definition) is 3. The number of hydrogen-bond donors (Lipinski definition) is 0. The highest BCUT2D eigenvalue weighted by atomic mass is 28.4.